The highest BCUT2D eigenvalue weighted by atomic mass is 32.2. The molecule has 2 aliphatic heterocycles. The van der Waals surface area contributed by atoms with Crippen molar-refractivity contribution in [1.29, 1.82) is 0 Å². The first-order chi connectivity index (χ1) is 45.6. The zero-order chi connectivity index (χ0) is 69.6. The van der Waals surface area contributed by atoms with E-state index in [9.17, 15) is 64.9 Å². The number of carboxylic acids is 2. The summed E-state index contributed by atoms with van der Waals surface area (Å²) in [4.78, 5) is 78.8. The van der Waals surface area contributed by atoms with Gasteiger partial charge in [-0.2, -0.15) is 21.4 Å². The fourth-order valence-corrected chi connectivity index (χ4v) is 14.2. The molecule has 0 radical (unpaired) electrons. The van der Waals surface area contributed by atoms with Gasteiger partial charge in [0.2, 0.25) is 11.6 Å². The van der Waals surface area contributed by atoms with Crippen LogP contribution < -0.4 is 25.6 Å². The van der Waals surface area contributed by atoms with Gasteiger partial charge in [-0.05, 0) is 150 Å². The van der Waals surface area contributed by atoms with Crippen LogP contribution >= 0.6 is 0 Å². The van der Waals surface area contributed by atoms with Gasteiger partial charge in [-0.25, -0.2) is 9.59 Å². The summed E-state index contributed by atoms with van der Waals surface area (Å²) in [5.41, 5.74) is 8.71. The third-order valence-corrected chi connectivity index (χ3v) is 19.8. The Morgan fingerprint density at radius 2 is 1.26 bits per heavy atom. The van der Waals surface area contributed by atoms with Crippen LogP contribution in [0.25, 0.3) is 0 Å². The van der Waals surface area contributed by atoms with Crippen LogP contribution in [0.4, 0.5) is 16.2 Å². The summed E-state index contributed by atoms with van der Waals surface area (Å²) in [5, 5.41) is 27.8. The molecule has 3 aliphatic rings. The molecular weight excluding hydrogens is 1260 g/mol. The number of urea groups is 1. The third kappa shape index (κ3) is 22.3. The second-order valence-corrected chi connectivity index (χ2v) is 29.4. The SMILES string of the molecule is CCNC(=O)N[C@@H](CCC(=O)CCCCCCCCC(=O)N[C@@H](Cc1ccccc1)C(=O)C[C@@H](Cc1ccc(OC2=C(C=CC3=[N+](CCCCS(=O)(=O)O)c4ccccc4C3(C)C)CCCC2=CC=C2N(CCCCS(=O)(=O)O)c3ccccc3C2(C)C)cc1)C(=O)O)C(=O)O. The van der Waals surface area contributed by atoms with Gasteiger partial charge >= 0.3 is 18.0 Å². The number of ether oxygens (including phenoxy) is 1. The van der Waals surface area contributed by atoms with Gasteiger partial charge in [-0.15, -0.1) is 0 Å². The zero-order valence-corrected chi connectivity index (χ0v) is 57.7. The van der Waals surface area contributed by atoms with Crippen molar-refractivity contribution in [3.05, 3.63) is 172 Å². The van der Waals surface area contributed by atoms with Crippen LogP contribution in [0.2, 0.25) is 0 Å². The molecule has 1 aliphatic carbocycles. The summed E-state index contributed by atoms with van der Waals surface area (Å²) in [5.74, 6) is -3.82. The summed E-state index contributed by atoms with van der Waals surface area (Å²) >= 11 is 0. The van der Waals surface area contributed by atoms with E-state index >= 15 is 0 Å². The highest BCUT2D eigenvalue weighted by Gasteiger charge is 2.44. The molecule has 0 fully saturated rings. The number of allylic oxidation sites excluding steroid dienone is 7. The van der Waals surface area contributed by atoms with E-state index in [4.69, 9.17) is 4.74 Å². The van der Waals surface area contributed by atoms with Crippen molar-refractivity contribution in [2.45, 2.75) is 186 Å². The number of carbonyl (C=O) groups excluding carboxylic acids is 4. The number of carboxylic acid groups (broad SMARTS) is 2. The lowest BCUT2D eigenvalue weighted by atomic mass is 9.81. The first-order valence-electron chi connectivity index (χ1n) is 33.6. The van der Waals surface area contributed by atoms with Gasteiger partial charge in [-0.1, -0.05) is 124 Å². The number of rotatable bonds is 39. The van der Waals surface area contributed by atoms with Crippen LogP contribution in [0, 0.1) is 5.92 Å². The van der Waals surface area contributed by atoms with Crippen molar-refractivity contribution in [2.24, 2.45) is 5.92 Å². The van der Waals surface area contributed by atoms with E-state index in [1.165, 1.54) is 0 Å². The van der Waals surface area contributed by atoms with E-state index in [-0.39, 0.29) is 74.6 Å². The van der Waals surface area contributed by atoms with Gasteiger partial charge in [0, 0.05) is 79.7 Å². The molecule has 96 heavy (non-hydrogen) atoms. The fourth-order valence-electron chi connectivity index (χ4n) is 13.0. The lowest BCUT2D eigenvalue weighted by Crippen LogP contribution is -2.46. The number of benzene rings is 4. The molecule has 3 atom stereocenters. The maximum absolute atomic E-state index is 14.2. The first-order valence-corrected chi connectivity index (χ1v) is 36.9. The van der Waals surface area contributed by atoms with Gasteiger partial charge < -0.3 is 35.8 Å². The summed E-state index contributed by atoms with van der Waals surface area (Å²) < 4.78 is 75.0. The normalized spacial score (nSPS) is 16.9. The summed E-state index contributed by atoms with van der Waals surface area (Å²) in [6.45, 7) is 11.7. The third-order valence-electron chi connectivity index (χ3n) is 18.2. The standard InChI is InChI=1S/C74H95N5O15S2/c1-6-75-72(87)77-61(71(85)86)42-39-57(80)29-14-9-7-8-10-15-34-68(82)76-62(50-52-25-12-11-13-26-52)65(81)51-56(70(83)84)49-53-35-40-58(41-36-53)94-69-54(37-43-66-73(2,3)59-30-16-18-32-63(59)78(66)45-20-22-47-95(88,89)90)27-24-28-55(69)38-44-67-74(4,5)60-31-17-19-33-64(60)79(67)46-21-23-48-96(91,92)93/h11-13,16-19,25-26,30-33,35-38,40-41,43-44,56,61-62H,6-10,14-15,20-24,27-29,34,39,42,45-51H2,1-5H3,(H6-,75,76,77,82,83,84,85,86,87,88,89,90,91,92,93)/p+1/t56-,61+,62+/m1/s1. The van der Waals surface area contributed by atoms with Gasteiger partial charge in [0.15, 0.2) is 11.5 Å². The summed E-state index contributed by atoms with van der Waals surface area (Å²) in [6.07, 6.45) is 16.9. The molecule has 0 spiro atoms. The van der Waals surface area contributed by atoms with Gasteiger partial charge in [-0.3, -0.25) is 28.3 Å². The van der Waals surface area contributed by atoms with Crippen LogP contribution in [0.15, 0.2) is 150 Å². The number of hydrogen-bond donors (Lipinski definition) is 7. The molecular formula is C74H96N5O15S2+. The Hall–Kier alpha value is -8.05. The predicted molar refractivity (Wildman–Crippen MR) is 372 cm³/mol. The maximum atomic E-state index is 14.2. The Labute approximate surface area is 566 Å². The number of Topliss-reactive ketones (excluding diaryl/α,β-unsaturated/α-hetero) is 2. The Balaban J connectivity index is 1.06. The molecule has 0 aromatic heterocycles. The highest BCUT2D eigenvalue weighted by Crippen LogP contribution is 2.48. The number of carbonyl (C=O) groups is 6. The van der Waals surface area contributed by atoms with Crippen molar-refractivity contribution < 1.29 is 74.2 Å². The molecule has 2 heterocycles. The number of hydrogen-bond acceptors (Lipinski definition) is 12. The van der Waals surface area contributed by atoms with Crippen LogP contribution in [0.5, 0.6) is 5.75 Å². The number of ketones is 2. The van der Waals surface area contributed by atoms with Gasteiger partial charge in [0.25, 0.3) is 20.2 Å². The molecule has 7 rings (SSSR count). The Morgan fingerprint density at radius 1 is 0.635 bits per heavy atom. The largest absolute Gasteiger partial charge is 0.481 e. The zero-order valence-electron chi connectivity index (χ0n) is 56.0. The Bertz CT molecular complexity index is 3800. The maximum Gasteiger partial charge on any atom is 0.326 e. The molecule has 7 N–H and O–H groups in total. The fraction of sp³-hybridized carbons (Fsp3) is 0.473. The number of para-hydroxylation sites is 2. The van der Waals surface area contributed by atoms with Crippen molar-refractivity contribution in [3.63, 3.8) is 0 Å². The Morgan fingerprint density at radius 3 is 1.93 bits per heavy atom. The minimum atomic E-state index is -4.13. The van der Waals surface area contributed by atoms with E-state index in [0.717, 1.165) is 82.7 Å². The van der Waals surface area contributed by atoms with E-state index in [0.29, 0.717) is 81.7 Å². The van der Waals surface area contributed by atoms with Crippen molar-refractivity contribution >= 4 is 72.8 Å². The quantitative estimate of drug-likeness (QED) is 0.0124. The summed E-state index contributed by atoms with van der Waals surface area (Å²) in [6, 6.07) is 30.0. The molecule has 0 bridgehead atoms. The average Bonchev–Trinajstić information content (AvgIpc) is 1.60. The van der Waals surface area contributed by atoms with Crippen molar-refractivity contribution in [1.82, 2.24) is 16.0 Å². The average molecular weight is 1360 g/mol. The molecule has 22 heteroatoms. The number of amides is 3. The Kier molecular flexibility index (Phi) is 27.7. The smallest absolute Gasteiger partial charge is 0.326 e. The lowest BCUT2D eigenvalue weighted by Gasteiger charge is -2.27. The van der Waals surface area contributed by atoms with E-state index in [2.05, 4.69) is 102 Å². The molecule has 20 nitrogen and oxygen atoms in total. The van der Waals surface area contributed by atoms with Crippen molar-refractivity contribution in [3.8, 4) is 5.75 Å². The van der Waals surface area contributed by atoms with Crippen molar-refractivity contribution in [2.75, 3.05) is 36.0 Å². The lowest BCUT2D eigenvalue weighted by molar-refractivity contribution is -0.438. The van der Waals surface area contributed by atoms with E-state index in [1.54, 1.807) is 31.2 Å². The van der Waals surface area contributed by atoms with E-state index in [1.807, 2.05) is 54.6 Å². The predicted octanol–water partition coefficient (Wildman–Crippen LogP) is 12.3. The molecule has 518 valence electrons. The number of nitrogens with zero attached hydrogens (tertiary/aromatic N) is 2. The molecule has 0 saturated carbocycles. The molecule has 3 amide bonds. The molecule has 4 aromatic carbocycles. The number of fused-ring (bicyclic) bond motifs is 2. The number of nitrogens with one attached hydrogen (secondary N) is 3. The van der Waals surface area contributed by atoms with Crippen LogP contribution in [-0.4, -0.2) is 125 Å². The minimum Gasteiger partial charge on any atom is -0.481 e. The molecule has 4 aromatic rings. The molecule has 0 unspecified atom stereocenters. The monoisotopic (exact) mass is 1360 g/mol. The highest BCUT2D eigenvalue weighted by molar-refractivity contribution is 7.86. The van der Waals surface area contributed by atoms with Gasteiger partial charge in [0.1, 0.15) is 29.9 Å². The number of aliphatic carboxylic acids is 2. The van der Waals surface area contributed by atoms with Gasteiger partial charge in [0.05, 0.1) is 28.9 Å². The topological polar surface area (TPSA) is 303 Å². The van der Waals surface area contributed by atoms with E-state index < -0.39 is 72.8 Å². The number of unbranched alkanes of at least 4 members (excludes halogenated alkanes) is 7. The second kappa shape index (κ2) is 35.3. The van der Waals surface area contributed by atoms with Crippen LogP contribution in [0.1, 0.15) is 172 Å². The second-order valence-electron chi connectivity index (χ2n) is 26.3. The molecule has 0 saturated heterocycles. The van der Waals surface area contributed by atoms with Crippen LogP contribution in [-0.2, 0) is 67.9 Å². The van der Waals surface area contributed by atoms with Crippen LogP contribution in [0.3, 0.4) is 0 Å². The minimum absolute atomic E-state index is 0.00159. The number of anilines is 1. The first kappa shape index (κ1) is 75.3. The summed E-state index contributed by atoms with van der Waals surface area (Å²) in [7, 11) is -8.26.